The van der Waals surface area contributed by atoms with E-state index in [2.05, 4.69) is 18.7 Å². The van der Waals surface area contributed by atoms with Crippen LogP contribution in [0.3, 0.4) is 0 Å². The Hall–Kier alpha value is -2.53. The number of carbonyl (C=O) groups is 1. The molecule has 0 fully saturated rings. The predicted molar refractivity (Wildman–Crippen MR) is 111 cm³/mol. The lowest BCUT2D eigenvalue weighted by atomic mass is 9.99. The van der Waals surface area contributed by atoms with E-state index in [1.807, 2.05) is 47.4 Å². The first-order chi connectivity index (χ1) is 13.1. The van der Waals surface area contributed by atoms with Crippen LogP contribution in [0.15, 0.2) is 42.5 Å². The van der Waals surface area contributed by atoms with E-state index in [-0.39, 0.29) is 5.91 Å². The molecule has 2 N–H and O–H groups in total. The Morgan fingerprint density at radius 1 is 1.15 bits per heavy atom. The highest BCUT2D eigenvalue weighted by Crippen LogP contribution is 2.32. The number of nitrogens with zero attached hydrogens (tertiary/aromatic N) is 2. The van der Waals surface area contributed by atoms with E-state index in [0.29, 0.717) is 12.2 Å². The van der Waals surface area contributed by atoms with E-state index in [1.165, 1.54) is 0 Å². The molecule has 5 nitrogen and oxygen atoms in total. The number of anilines is 2. The molecule has 27 heavy (non-hydrogen) atoms. The lowest BCUT2D eigenvalue weighted by Crippen LogP contribution is -2.35. The molecular formula is C22H29N3O2. The molecule has 0 unspecified atom stereocenters. The maximum atomic E-state index is 13.0. The second kappa shape index (κ2) is 8.91. The van der Waals surface area contributed by atoms with Gasteiger partial charge in [0.25, 0.3) is 5.91 Å². The largest absolute Gasteiger partial charge is 0.492 e. The van der Waals surface area contributed by atoms with E-state index < -0.39 is 0 Å². The molecule has 0 spiro atoms. The van der Waals surface area contributed by atoms with Gasteiger partial charge in [0.05, 0.1) is 0 Å². The number of ether oxygens (including phenoxy) is 1. The molecule has 2 aromatic carbocycles. The van der Waals surface area contributed by atoms with Crippen LogP contribution in [0.5, 0.6) is 5.75 Å². The van der Waals surface area contributed by atoms with E-state index in [4.69, 9.17) is 10.5 Å². The Morgan fingerprint density at radius 3 is 2.59 bits per heavy atom. The molecule has 0 saturated carbocycles. The van der Waals surface area contributed by atoms with Gasteiger partial charge in [-0.1, -0.05) is 19.9 Å². The minimum Gasteiger partial charge on any atom is -0.492 e. The molecule has 0 radical (unpaired) electrons. The Morgan fingerprint density at radius 2 is 1.89 bits per heavy atom. The highest BCUT2D eigenvalue weighted by molar-refractivity contribution is 6.07. The fourth-order valence-corrected chi connectivity index (χ4v) is 3.54. The molecule has 3 rings (SSSR count). The monoisotopic (exact) mass is 367 g/mol. The number of benzene rings is 2. The van der Waals surface area contributed by atoms with Crippen molar-refractivity contribution in [3.05, 3.63) is 53.6 Å². The summed E-state index contributed by atoms with van der Waals surface area (Å²) in [5, 5.41) is 0. The summed E-state index contributed by atoms with van der Waals surface area (Å²) in [6.45, 7) is 8.61. The van der Waals surface area contributed by atoms with Gasteiger partial charge in [-0.15, -0.1) is 0 Å². The Bertz CT molecular complexity index is 770. The summed E-state index contributed by atoms with van der Waals surface area (Å²) in [6.07, 6.45) is 1.85. The third-order valence-electron chi connectivity index (χ3n) is 5.20. The number of carbonyl (C=O) groups excluding carboxylic acids is 1. The van der Waals surface area contributed by atoms with Crippen LogP contribution in [0, 0.1) is 0 Å². The maximum absolute atomic E-state index is 13.0. The van der Waals surface area contributed by atoms with Crippen molar-refractivity contribution in [3.63, 3.8) is 0 Å². The molecule has 0 saturated heterocycles. The summed E-state index contributed by atoms with van der Waals surface area (Å²) in [5.74, 6) is 0.804. The van der Waals surface area contributed by atoms with Gasteiger partial charge in [0.2, 0.25) is 0 Å². The van der Waals surface area contributed by atoms with Crippen LogP contribution in [0.1, 0.15) is 36.2 Å². The van der Waals surface area contributed by atoms with Gasteiger partial charge in [0, 0.05) is 30.0 Å². The highest BCUT2D eigenvalue weighted by atomic mass is 16.5. The van der Waals surface area contributed by atoms with Crippen LogP contribution in [-0.2, 0) is 6.42 Å². The number of nitrogens with two attached hydrogens (primary N) is 1. The fourth-order valence-electron chi connectivity index (χ4n) is 3.54. The second-order valence-electron chi connectivity index (χ2n) is 6.80. The van der Waals surface area contributed by atoms with E-state index in [0.717, 1.165) is 61.7 Å². The molecule has 5 heteroatoms. The number of amides is 1. The number of likely N-dealkylation sites (N-methyl/N-ethyl adjacent to an activating group) is 1. The minimum atomic E-state index is 0.0104. The van der Waals surface area contributed by atoms with Crippen molar-refractivity contribution in [1.29, 1.82) is 0 Å². The minimum absolute atomic E-state index is 0.0104. The smallest absolute Gasteiger partial charge is 0.258 e. The summed E-state index contributed by atoms with van der Waals surface area (Å²) >= 11 is 0. The van der Waals surface area contributed by atoms with Crippen molar-refractivity contribution < 1.29 is 9.53 Å². The third kappa shape index (κ3) is 4.42. The number of hydrogen-bond acceptors (Lipinski definition) is 4. The van der Waals surface area contributed by atoms with Crippen molar-refractivity contribution in [3.8, 4) is 5.75 Å². The number of hydrogen-bond donors (Lipinski definition) is 1. The molecule has 1 aliphatic rings. The van der Waals surface area contributed by atoms with E-state index in [9.17, 15) is 4.79 Å². The molecule has 2 aromatic rings. The molecule has 144 valence electrons. The average Bonchev–Trinajstić information content (AvgIpc) is 2.71. The number of nitrogen functional groups attached to an aromatic ring is 1. The zero-order valence-electron chi connectivity index (χ0n) is 16.3. The number of fused-ring (bicyclic) bond motifs is 1. The standard InChI is InChI=1S/C22H29N3O2/c1-3-24(4-2)15-16-27-18-12-10-17(11-13-18)22(26)25-14-6-7-19-20(23)8-5-9-21(19)25/h5,8-13H,3-4,6-7,14-16,23H2,1-2H3. The molecule has 0 aliphatic carbocycles. The van der Waals surface area contributed by atoms with Gasteiger partial charge in [0.1, 0.15) is 12.4 Å². The predicted octanol–water partition coefficient (Wildman–Crippen LogP) is 3.58. The first-order valence-electron chi connectivity index (χ1n) is 9.78. The van der Waals surface area contributed by atoms with Crippen LogP contribution in [0.2, 0.25) is 0 Å². The van der Waals surface area contributed by atoms with Crippen molar-refractivity contribution in [2.75, 3.05) is 43.4 Å². The quantitative estimate of drug-likeness (QED) is 0.760. The summed E-state index contributed by atoms with van der Waals surface area (Å²) < 4.78 is 5.81. The van der Waals surface area contributed by atoms with Crippen LogP contribution in [-0.4, -0.2) is 43.6 Å². The van der Waals surface area contributed by atoms with Crippen LogP contribution in [0.4, 0.5) is 11.4 Å². The van der Waals surface area contributed by atoms with Gasteiger partial charge < -0.3 is 20.3 Å². The van der Waals surface area contributed by atoms with Crippen LogP contribution in [0.25, 0.3) is 0 Å². The maximum Gasteiger partial charge on any atom is 0.258 e. The molecule has 0 aromatic heterocycles. The fraction of sp³-hybridized carbons (Fsp3) is 0.409. The summed E-state index contributed by atoms with van der Waals surface area (Å²) in [7, 11) is 0. The van der Waals surface area contributed by atoms with Gasteiger partial charge in [-0.3, -0.25) is 4.79 Å². The lowest BCUT2D eigenvalue weighted by Gasteiger charge is -2.30. The summed E-state index contributed by atoms with van der Waals surface area (Å²) in [6, 6.07) is 13.2. The zero-order chi connectivity index (χ0) is 19.2. The molecule has 0 atom stereocenters. The normalized spacial score (nSPS) is 13.5. The Kier molecular flexibility index (Phi) is 6.35. The Balaban J connectivity index is 1.66. The zero-order valence-corrected chi connectivity index (χ0v) is 16.3. The van der Waals surface area contributed by atoms with Crippen LogP contribution < -0.4 is 15.4 Å². The number of rotatable bonds is 7. The van der Waals surface area contributed by atoms with E-state index in [1.54, 1.807) is 0 Å². The molecular weight excluding hydrogens is 338 g/mol. The first-order valence-corrected chi connectivity index (χ1v) is 9.78. The topological polar surface area (TPSA) is 58.8 Å². The first kappa shape index (κ1) is 19.2. The lowest BCUT2D eigenvalue weighted by molar-refractivity contribution is 0.0985. The molecule has 0 bridgehead atoms. The van der Waals surface area contributed by atoms with Crippen molar-refractivity contribution >= 4 is 17.3 Å². The highest BCUT2D eigenvalue weighted by Gasteiger charge is 2.24. The van der Waals surface area contributed by atoms with Gasteiger partial charge >= 0.3 is 0 Å². The SMILES string of the molecule is CCN(CC)CCOc1ccc(C(=O)N2CCCc3c(N)cccc32)cc1. The molecule has 1 aliphatic heterocycles. The van der Waals surface area contributed by atoms with Crippen molar-refractivity contribution in [2.24, 2.45) is 0 Å². The van der Waals surface area contributed by atoms with Crippen molar-refractivity contribution in [2.45, 2.75) is 26.7 Å². The van der Waals surface area contributed by atoms with Gasteiger partial charge in [-0.05, 0) is 67.9 Å². The molecule has 1 amide bonds. The third-order valence-corrected chi connectivity index (χ3v) is 5.20. The van der Waals surface area contributed by atoms with Crippen molar-refractivity contribution in [1.82, 2.24) is 4.90 Å². The van der Waals surface area contributed by atoms with Gasteiger partial charge in [0.15, 0.2) is 0 Å². The summed E-state index contributed by atoms with van der Waals surface area (Å²) in [5.41, 5.74) is 9.54. The van der Waals surface area contributed by atoms with Gasteiger partial charge in [-0.25, -0.2) is 0 Å². The van der Waals surface area contributed by atoms with E-state index >= 15 is 0 Å². The second-order valence-corrected chi connectivity index (χ2v) is 6.80. The average molecular weight is 367 g/mol. The van der Waals surface area contributed by atoms with Gasteiger partial charge in [-0.2, -0.15) is 0 Å². The molecule has 1 heterocycles. The Labute approximate surface area is 161 Å². The summed E-state index contributed by atoms with van der Waals surface area (Å²) in [4.78, 5) is 17.2. The van der Waals surface area contributed by atoms with Crippen LogP contribution >= 0.6 is 0 Å².